The summed E-state index contributed by atoms with van der Waals surface area (Å²) >= 11 is 0. The molecule has 1 aliphatic heterocycles. The van der Waals surface area contributed by atoms with Crippen LogP contribution in [0.4, 0.5) is 24.5 Å². The zero-order chi connectivity index (χ0) is 22.2. The van der Waals surface area contributed by atoms with Gasteiger partial charge in [0.25, 0.3) is 0 Å². The lowest BCUT2D eigenvalue weighted by Gasteiger charge is -2.40. The molecule has 0 bridgehead atoms. The van der Waals surface area contributed by atoms with E-state index in [4.69, 9.17) is 0 Å². The molecule has 4 rings (SSSR count). The largest absolute Gasteiger partial charge is 0.418 e. The molecule has 3 aromatic rings. The van der Waals surface area contributed by atoms with Crippen LogP contribution in [-0.4, -0.2) is 29.1 Å². The molecule has 3 N–H and O–H groups in total. The highest BCUT2D eigenvalue weighted by atomic mass is 19.4. The maximum atomic E-state index is 13.1. The maximum Gasteiger partial charge on any atom is 0.418 e. The zero-order valence-electron chi connectivity index (χ0n) is 16.8. The second-order valence-electron chi connectivity index (χ2n) is 7.55. The van der Waals surface area contributed by atoms with Crippen LogP contribution in [0.25, 0.3) is 0 Å². The number of hydrogen-bond donors (Lipinski definition) is 3. The SMILES string of the molecule is CCN1c2cc(C(O)C(F)(F)F)ccc2NC1C(O)(c1ccccc1)c1ccccc1. The molecule has 0 saturated carbocycles. The third-order valence-electron chi connectivity index (χ3n) is 5.73. The topological polar surface area (TPSA) is 55.7 Å². The highest BCUT2D eigenvalue weighted by Crippen LogP contribution is 2.46. The van der Waals surface area contributed by atoms with Gasteiger partial charge in [-0.2, -0.15) is 13.2 Å². The fourth-order valence-corrected chi connectivity index (χ4v) is 4.18. The number of anilines is 2. The molecule has 0 saturated heterocycles. The highest BCUT2D eigenvalue weighted by molar-refractivity contribution is 5.78. The lowest BCUT2D eigenvalue weighted by molar-refractivity contribution is -0.206. The standard InChI is InChI=1S/C24H23F3N2O2/c1-2-29-20-15-16(21(30)24(25,26)27)13-14-19(20)28-22(29)23(31,17-9-5-3-6-10-17)18-11-7-4-8-12-18/h3-15,21-22,28,30-31H,2H2,1H3. The van der Waals surface area contributed by atoms with Gasteiger partial charge in [0.1, 0.15) is 6.17 Å². The van der Waals surface area contributed by atoms with E-state index in [9.17, 15) is 23.4 Å². The quantitative estimate of drug-likeness (QED) is 0.547. The van der Waals surface area contributed by atoms with Crippen molar-refractivity contribution in [1.82, 2.24) is 0 Å². The number of fused-ring (bicyclic) bond motifs is 1. The monoisotopic (exact) mass is 428 g/mol. The van der Waals surface area contributed by atoms with Crippen molar-refractivity contribution in [3.05, 3.63) is 95.6 Å². The third-order valence-corrected chi connectivity index (χ3v) is 5.73. The van der Waals surface area contributed by atoms with Gasteiger partial charge in [-0.15, -0.1) is 0 Å². The second-order valence-corrected chi connectivity index (χ2v) is 7.55. The van der Waals surface area contributed by atoms with Crippen molar-refractivity contribution in [2.24, 2.45) is 0 Å². The first-order chi connectivity index (χ1) is 14.8. The van der Waals surface area contributed by atoms with Crippen LogP contribution in [-0.2, 0) is 5.60 Å². The summed E-state index contributed by atoms with van der Waals surface area (Å²) in [4.78, 5) is 1.82. The molecule has 4 nitrogen and oxygen atoms in total. The van der Waals surface area contributed by atoms with Gasteiger partial charge in [-0.3, -0.25) is 0 Å². The summed E-state index contributed by atoms with van der Waals surface area (Å²) in [6, 6.07) is 22.4. The number of alkyl halides is 3. The Kier molecular flexibility index (Phi) is 5.41. The van der Waals surface area contributed by atoms with Gasteiger partial charge in [0.05, 0.1) is 11.4 Å². The van der Waals surface area contributed by atoms with Crippen LogP contribution in [0.3, 0.4) is 0 Å². The second kappa shape index (κ2) is 7.90. The van der Waals surface area contributed by atoms with Crippen molar-refractivity contribution in [1.29, 1.82) is 0 Å². The summed E-state index contributed by atoms with van der Waals surface area (Å²) in [6.07, 6.45) is -8.00. The molecule has 162 valence electrons. The minimum atomic E-state index is -4.76. The summed E-state index contributed by atoms with van der Waals surface area (Å²) in [7, 11) is 0. The van der Waals surface area contributed by atoms with Crippen LogP contribution in [0.2, 0.25) is 0 Å². The van der Waals surface area contributed by atoms with Crippen molar-refractivity contribution in [3.8, 4) is 0 Å². The molecule has 2 atom stereocenters. The Morgan fingerprint density at radius 2 is 1.48 bits per heavy atom. The number of hydrogen-bond acceptors (Lipinski definition) is 4. The predicted octanol–water partition coefficient (Wildman–Crippen LogP) is 4.80. The minimum absolute atomic E-state index is 0.241. The first-order valence-corrected chi connectivity index (χ1v) is 10.0. The molecule has 31 heavy (non-hydrogen) atoms. The van der Waals surface area contributed by atoms with Crippen LogP contribution in [0.15, 0.2) is 78.9 Å². The van der Waals surface area contributed by atoms with Crippen LogP contribution in [0.5, 0.6) is 0 Å². The fourth-order valence-electron chi connectivity index (χ4n) is 4.18. The Bertz CT molecular complexity index is 1000. The average molecular weight is 428 g/mol. The molecule has 0 radical (unpaired) electrons. The number of aliphatic hydroxyl groups excluding tert-OH is 1. The Balaban J connectivity index is 1.82. The van der Waals surface area contributed by atoms with Crippen molar-refractivity contribution >= 4 is 11.4 Å². The van der Waals surface area contributed by atoms with E-state index in [0.29, 0.717) is 29.0 Å². The molecule has 0 spiro atoms. The first kappa shape index (κ1) is 21.2. The Hall–Kier alpha value is -3.03. The number of rotatable bonds is 5. The number of nitrogens with zero attached hydrogens (tertiary/aromatic N) is 1. The lowest BCUT2D eigenvalue weighted by atomic mass is 9.83. The smallest absolute Gasteiger partial charge is 0.379 e. The molecule has 2 unspecified atom stereocenters. The molecule has 0 aliphatic carbocycles. The Morgan fingerprint density at radius 3 is 1.97 bits per heavy atom. The predicted molar refractivity (Wildman–Crippen MR) is 114 cm³/mol. The van der Waals surface area contributed by atoms with Crippen molar-refractivity contribution in [2.75, 3.05) is 16.8 Å². The highest BCUT2D eigenvalue weighted by Gasteiger charge is 2.47. The van der Waals surface area contributed by atoms with Gasteiger partial charge in [-0.05, 0) is 35.7 Å². The first-order valence-electron chi connectivity index (χ1n) is 10.0. The van der Waals surface area contributed by atoms with Gasteiger partial charge in [0.15, 0.2) is 11.7 Å². The molecule has 0 fully saturated rings. The van der Waals surface area contributed by atoms with E-state index in [1.807, 2.05) is 72.5 Å². The van der Waals surface area contributed by atoms with E-state index in [0.717, 1.165) is 0 Å². The van der Waals surface area contributed by atoms with E-state index in [2.05, 4.69) is 5.32 Å². The Morgan fingerprint density at radius 1 is 0.935 bits per heavy atom. The van der Waals surface area contributed by atoms with Crippen LogP contribution < -0.4 is 10.2 Å². The summed E-state index contributed by atoms with van der Waals surface area (Å²) < 4.78 is 39.2. The normalized spacial score (nSPS) is 17.2. The molecule has 0 amide bonds. The average Bonchev–Trinajstić information content (AvgIpc) is 3.16. The van der Waals surface area contributed by atoms with E-state index in [1.165, 1.54) is 18.2 Å². The van der Waals surface area contributed by atoms with Crippen LogP contribution in [0.1, 0.15) is 29.7 Å². The maximum absolute atomic E-state index is 13.1. The van der Waals surface area contributed by atoms with Crippen LogP contribution in [0, 0.1) is 0 Å². The van der Waals surface area contributed by atoms with E-state index in [-0.39, 0.29) is 5.56 Å². The number of nitrogens with one attached hydrogen (secondary N) is 1. The summed E-state index contributed by atoms with van der Waals surface area (Å²) in [6.45, 7) is 2.30. The summed E-state index contributed by atoms with van der Waals surface area (Å²) in [5.41, 5.74) is 0.672. The van der Waals surface area contributed by atoms with Gasteiger partial charge >= 0.3 is 6.18 Å². The number of aliphatic hydroxyl groups is 2. The molecular formula is C24H23F3N2O2. The van der Waals surface area contributed by atoms with Crippen molar-refractivity contribution < 1.29 is 23.4 Å². The van der Waals surface area contributed by atoms with Gasteiger partial charge < -0.3 is 20.4 Å². The number of likely N-dealkylation sites (N-methyl/N-ethyl adjacent to an activating group) is 1. The molecular weight excluding hydrogens is 405 g/mol. The van der Waals surface area contributed by atoms with Gasteiger partial charge in [-0.25, -0.2) is 0 Å². The summed E-state index contributed by atoms with van der Waals surface area (Å²) in [5, 5.41) is 25.1. The number of benzene rings is 3. The van der Waals surface area contributed by atoms with E-state index in [1.54, 1.807) is 0 Å². The van der Waals surface area contributed by atoms with E-state index >= 15 is 0 Å². The number of halogens is 3. The van der Waals surface area contributed by atoms with Crippen molar-refractivity contribution in [2.45, 2.75) is 31.0 Å². The van der Waals surface area contributed by atoms with Crippen molar-refractivity contribution in [3.63, 3.8) is 0 Å². The zero-order valence-corrected chi connectivity index (χ0v) is 16.8. The van der Waals surface area contributed by atoms with Gasteiger partial charge in [0.2, 0.25) is 0 Å². The molecule has 7 heteroatoms. The molecule has 0 aromatic heterocycles. The molecule has 1 aliphatic rings. The fraction of sp³-hybridized carbons (Fsp3) is 0.250. The summed E-state index contributed by atoms with van der Waals surface area (Å²) in [5.74, 6) is 0. The van der Waals surface area contributed by atoms with E-state index < -0.39 is 24.0 Å². The lowest BCUT2D eigenvalue weighted by Crippen LogP contribution is -2.53. The molecule has 1 heterocycles. The van der Waals surface area contributed by atoms with Gasteiger partial charge in [-0.1, -0.05) is 66.7 Å². The Labute approximate surface area is 178 Å². The van der Waals surface area contributed by atoms with Gasteiger partial charge in [0, 0.05) is 6.54 Å². The third kappa shape index (κ3) is 3.64. The molecule has 3 aromatic carbocycles. The van der Waals surface area contributed by atoms with Crippen LogP contribution >= 0.6 is 0 Å². The minimum Gasteiger partial charge on any atom is -0.379 e.